The van der Waals surface area contributed by atoms with E-state index < -0.39 is 11.6 Å². The van der Waals surface area contributed by atoms with Gasteiger partial charge in [-0.1, -0.05) is 0 Å². The lowest BCUT2D eigenvalue weighted by atomic mass is 10.1. The van der Waals surface area contributed by atoms with E-state index >= 15 is 0 Å². The van der Waals surface area contributed by atoms with Crippen molar-refractivity contribution in [3.8, 4) is 17.2 Å². The van der Waals surface area contributed by atoms with Gasteiger partial charge in [-0.05, 0) is 97.2 Å². The van der Waals surface area contributed by atoms with E-state index in [0.717, 1.165) is 25.0 Å². The lowest BCUT2D eigenvalue weighted by Crippen LogP contribution is -2.43. The van der Waals surface area contributed by atoms with Crippen LogP contribution in [0.3, 0.4) is 0 Å². The lowest BCUT2D eigenvalue weighted by Gasteiger charge is -2.32. The molecule has 0 fully saturated rings. The minimum atomic E-state index is -1.53. The monoisotopic (exact) mass is 527 g/mol. The van der Waals surface area contributed by atoms with Crippen LogP contribution in [-0.4, -0.2) is 58.6 Å². The lowest BCUT2D eigenvalue weighted by molar-refractivity contribution is -0.152. The number of amides is 1. The van der Waals surface area contributed by atoms with Crippen molar-refractivity contribution in [2.75, 3.05) is 13.2 Å². The zero-order chi connectivity index (χ0) is 28.5. The van der Waals surface area contributed by atoms with Crippen LogP contribution in [0, 0.1) is 5.41 Å². The number of amidine groups is 1. The van der Waals surface area contributed by atoms with Crippen LogP contribution >= 0.6 is 0 Å². The zero-order valence-electron chi connectivity index (χ0n) is 23.2. The molecule has 2 aromatic rings. The molecule has 0 aliphatic rings. The molecule has 0 aliphatic heterocycles. The van der Waals surface area contributed by atoms with Crippen molar-refractivity contribution < 1.29 is 28.9 Å². The molecule has 2 rings (SSSR count). The highest BCUT2D eigenvalue weighted by Crippen LogP contribution is 2.31. The molecule has 0 saturated carbocycles. The molecule has 0 aliphatic carbocycles. The second-order valence-electron chi connectivity index (χ2n) is 10.2. The maximum Gasteiger partial charge on any atom is 0.347 e. The van der Waals surface area contributed by atoms with Gasteiger partial charge in [-0.2, -0.15) is 0 Å². The van der Waals surface area contributed by atoms with E-state index in [9.17, 15) is 14.7 Å². The second kappa shape index (κ2) is 13.7. The molecule has 4 N–H and O–H groups in total. The van der Waals surface area contributed by atoms with E-state index in [-0.39, 0.29) is 29.6 Å². The molecular weight excluding hydrogens is 486 g/mol. The number of carbonyl (C=O) groups excluding carboxylic acids is 1. The number of nitrogens with zero attached hydrogens (tertiary/aromatic N) is 1. The number of nitrogens with one attached hydrogen (secondary N) is 1. The summed E-state index contributed by atoms with van der Waals surface area (Å²) in [4.78, 5) is 26.8. The van der Waals surface area contributed by atoms with Crippen molar-refractivity contribution in [1.29, 1.82) is 5.41 Å². The summed E-state index contributed by atoms with van der Waals surface area (Å²) in [5, 5.41) is 17.0. The molecule has 208 valence electrons. The van der Waals surface area contributed by atoms with Crippen LogP contribution in [0.1, 0.15) is 76.7 Å². The number of nitrogen functional groups attached to an aromatic ring is 1. The number of carboxylic acids is 1. The van der Waals surface area contributed by atoms with Gasteiger partial charge in [0.1, 0.15) is 23.1 Å². The molecule has 0 spiro atoms. The third-order valence-corrected chi connectivity index (χ3v) is 5.90. The third kappa shape index (κ3) is 8.68. The Bertz CT molecular complexity index is 1090. The van der Waals surface area contributed by atoms with E-state index in [1.807, 2.05) is 27.7 Å². The second-order valence-corrected chi connectivity index (χ2v) is 10.2. The molecule has 2 aromatic carbocycles. The van der Waals surface area contributed by atoms with Gasteiger partial charge in [0.25, 0.3) is 5.91 Å². The van der Waals surface area contributed by atoms with Gasteiger partial charge >= 0.3 is 5.97 Å². The summed E-state index contributed by atoms with van der Waals surface area (Å²) in [6.45, 7) is 11.6. The Morgan fingerprint density at radius 1 is 0.921 bits per heavy atom. The standard InChI is InChI=1S/C29H41N3O6/c1-19(2)32(20(3)4)27(33)24-15-14-23(18-25(24)38-29(5,6)28(34)35)37-17-9-7-8-16-36-22-12-10-21(11-13-22)26(30)31/h10-15,18-20H,7-9,16-17H2,1-6H3,(H3,30,31)(H,34,35). The summed E-state index contributed by atoms with van der Waals surface area (Å²) < 4.78 is 17.4. The molecule has 0 saturated heterocycles. The Morgan fingerprint density at radius 3 is 1.95 bits per heavy atom. The third-order valence-electron chi connectivity index (χ3n) is 5.90. The number of carbonyl (C=O) groups is 2. The quantitative estimate of drug-likeness (QED) is 0.167. The van der Waals surface area contributed by atoms with Crippen molar-refractivity contribution in [1.82, 2.24) is 4.90 Å². The van der Waals surface area contributed by atoms with Gasteiger partial charge < -0.3 is 30.0 Å². The summed E-state index contributed by atoms with van der Waals surface area (Å²) in [5.41, 5.74) is 4.88. The van der Waals surface area contributed by atoms with Gasteiger partial charge in [-0.25, -0.2) is 4.79 Å². The summed E-state index contributed by atoms with van der Waals surface area (Å²) in [7, 11) is 0. The van der Waals surface area contributed by atoms with E-state index in [2.05, 4.69) is 0 Å². The van der Waals surface area contributed by atoms with E-state index in [0.29, 0.717) is 30.1 Å². The molecule has 0 aromatic heterocycles. The van der Waals surface area contributed by atoms with Crippen LogP contribution < -0.4 is 19.9 Å². The highest BCUT2D eigenvalue weighted by Gasteiger charge is 2.32. The van der Waals surface area contributed by atoms with Gasteiger partial charge in [0.2, 0.25) is 0 Å². The molecule has 1 amide bonds. The fourth-order valence-electron chi connectivity index (χ4n) is 3.87. The fraction of sp³-hybridized carbons (Fsp3) is 0.483. The number of carboxylic acid groups (broad SMARTS) is 1. The van der Waals surface area contributed by atoms with Crippen LogP contribution in [0.25, 0.3) is 0 Å². The maximum absolute atomic E-state index is 13.4. The smallest absolute Gasteiger partial charge is 0.347 e. The Morgan fingerprint density at radius 2 is 1.45 bits per heavy atom. The minimum Gasteiger partial charge on any atom is -0.494 e. The summed E-state index contributed by atoms with van der Waals surface area (Å²) in [5.74, 6) is 0.0643. The predicted molar refractivity (Wildman–Crippen MR) is 148 cm³/mol. The molecular formula is C29H41N3O6. The van der Waals surface area contributed by atoms with E-state index in [1.54, 1.807) is 47.4 Å². The number of hydrogen-bond donors (Lipinski definition) is 3. The van der Waals surface area contributed by atoms with Gasteiger partial charge in [0.15, 0.2) is 5.60 Å². The molecule has 0 atom stereocenters. The summed E-state index contributed by atoms with van der Waals surface area (Å²) in [6, 6.07) is 11.9. The first-order valence-electron chi connectivity index (χ1n) is 12.9. The largest absolute Gasteiger partial charge is 0.494 e. The number of hydrogen-bond acceptors (Lipinski definition) is 6. The van der Waals surface area contributed by atoms with Crippen molar-refractivity contribution in [3.63, 3.8) is 0 Å². The van der Waals surface area contributed by atoms with Crippen molar-refractivity contribution in [2.24, 2.45) is 5.73 Å². The highest BCUT2D eigenvalue weighted by molar-refractivity contribution is 5.97. The first-order chi connectivity index (χ1) is 17.8. The van der Waals surface area contributed by atoms with Crippen molar-refractivity contribution in [2.45, 2.75) is 78.5 Å². The number of benzene rings is 2. The predicted octanol–water partition coefficient (Wildman–Crippen LogP) is 5.10. The molecule has 38 heavy (non-hydrogen) atoms. The van der Waals surface area contributed by atoms with Crippen LogP contribution in [0.15, 0.2) is 42.5 Å². The van der Waals surface area contributed by atoms with Crippen LogP contribution in [0.5, 0.6) is 17.2 Å². The molecule has 0 radical (unpaired) electrons. The topological polar surface area (TPSA) is 135 Å². The molecule has 9 heteroatoms. The SMILES string of the molecule is CC(C)N(C(=O)c1ccc(OCCCCCOc2ccc(C(=N)N)cc2)cc1OC(C)(C)C(=O)O)C(C)C. The zero-order valence-corrected chi connectivity index (χ0v) is 23.2. The normalized spacial score (nSPS) is 11.4. The van der Waals surface area contributed by atoms with Gasteiger partial charge in [-0.3, -0.25) is 10.2 Å². The Hall–Kier alpha value is -3.75. The van der Waals surface area contributed by atoms with Crippen molar-refractivity contribution in [3.05, 3.63) is 53.6 Å². The Balaban J connectivity index is 1.98. The first-order valence-corrected chi connectivity index (χ1v) is 12.9. The number of ether oxygens (including phenoxy) is 3. The number of unbranched alkanes of at least 4 members (excludes halogenated alkanes) is 2. The summed E-state index contributed by atoms with van der Waals surface area (Å²) in [6.07, 6.45) is 2.51. The van der Waals surface area contributed by atoms with Crippen molar-refractivity contribution >= 4 is 17.7 Å². The average molecular weight is 528 g/mol. The van der Waals surface area contributed by atoms with Gasteiger partial charge in [-0.15, -0.1) is 0 Å². The average Bonchev–Trinajstić information content (AvgIpc) is 2.83. The maximum atomic E-state index is 13.4. The number of nitrogens with two attached hydrogens (primary N) is 1. The van der Waals surface area contributed by atoms with Gasteiger partial charge in [0.05, 0.1) is 18.8 Å². The van der Waals surface area contributed by atoms with E-state index in [1.165, 1.54) is 13.8 Å². The minimum absolute atomic E-state index is 0.0233. The molecule has 0 unspecified atom stereocenters. The first kappa shape index (κ1) is 30.5. The van der Waals surface area contributed by atoms with Crippen LogP contribution in [0.4, 0.5) is 0 Å². The summed E-state index contributed by atoms with van der Waals surface area (Å²) >= 11 is 0. The molecule has 9 nitrogen and oxygen atoms in total. The Kier molecular flexibility index (Phi) is 11.0. The Labute approximate surface area is 225 Å². The molecule has 0 heterocycles. The van der Waals surface area contributed by atoms with E-state index in [4.69, 9.17) is 25.4 Å². The number of rotatable bonds is 15. The molecule has 0 bridgehead atoms. The fourth-order valence-corrected chi connectivity index (χ4v) is 3.87. The highest BCUT2D eigenvalue weighted by atomic mass is 16.5. The number of aliphatic carboxylic acids is 1. The van der Waals surface area contributed by atoms with Crippen LogP contribution in [-0.2, 0) is 4.79 Å². The van der Waals surface area contributed by atoms with Gasteiger partial charge in [0, 0.05) is 23.7 Å². The van der Waals surface area contributed by atoms with Crippen LogP contribution in [0.2, 0.25) is 0 Å².